The van der Waals surface area contributed by atoms with E-state index < -0.39 is 0 Å². The summed E-state index contributed by atoms with van der Waals surface area (Å²) in [5.74, 6) is -0.276. The van der Waals surface area contributed by atoms with Gasteiger partial charge in [-0.2, -0.15) is 5.10 Å². The smallest absolute Gasteiger partial charge is 0.287 e. The van der Waals surface area contributed by atoms with Gasteiger partial charge in [0, 0.05) is 20.4 Å². The van der Waals surface area contributed by atoms with Crippen LogP contribution in [-0.4, -0.2) is 17.1 Å². The van der Waals surface area contributed by atoms with Crippen LogP contribution in [0.15, 0.2) is 64.3 Å². The molecule has 3 aromatic rings. The van der Waals surface area contributed by atoms with Crippen molar-refractivity contribution in [1.82, 2.24) is 10.4 Å². The Hall–Kier alpha value is -2.18. The summed E-state index contributed by atoms with van der Waals surface area (Å²) in [6.07, 6.45) is 3.34. The van der Waals surface area contributed by atoms with Gasteiger partial charge < -0.3 is 4.98 Å². The molecule has 0 atom stereocenters. The topological polar surface area (TPSA) is 57.2 Å². The van der Waals surface area contributed by atoms with Crippen LogP contribution in [0.5, 0.6) is 0 Å². The number of carbonyl (C=O) groups excluding carboxylic acids is 1. The van der Waals surface area contributed by atoms with Crippen molar-refractivity contribution in [2.45, 2.75) is 0 Å². The number of thiophene rings is 1. The Bertz CT molecular complexity index is 808. The minimum atomic E-state index is -0.276. The lowest BCUT2D eigenvalue weighted by molar-refractivity contribution is 0.0951. The highest BCUT2D eigenvalue weighted by Gasteiger charge is 2.06. The summed E-state index contributed by atoms with van der Waals surface area (Å²) in [5.41, 5.74) is 4.13. The van der Waals surface area contributed by atoms with Crippen LogP contribution < -0.4 is 5.43 Å². The number of H-pyrrole nitrogens is 1. The average molecular weight is 374 g/mol. The summed E-state index contributed by atoms with van der Waals surface area (Å²) in [6, 6.07) is 15.9. The quantitative estimate of drug-likeness (QED) is 0.520. The summed E-state index contributed by atoms with van der Waals surface area (Å²) >= 11 is 4.90. The van der Waals surface area contributed by atoms with Crippen molar-refractivity contribution in [3.05, 3.63) is 69.8 Å². The predicted octanol–water partition coefficient (Wildman–Crippen LogP) is 4.27. The van der Waals surface area contributed by atoms with E-state index in [-0.39, 0.29) is 5.91 Å². The van der Waals surface area contributed by atoms with Crippen LogP contribution in [0.25, 0.3) is 10.4 Å². The lowest BCUT2D eigenvalue weighted by Gasteiger charge is -1.95. The zero-order valence-corrected chi connectivity index (χ0v) is 13.8. The Morgan fingerprint density at radius 1 is 1.23 bits per heavy atom. The summed E-state index contributed by atoms with van der Waals surface area (Å²) in [6.45, 7) is 0. The molecule has 2 heterocycles. The average Bonchev–Trinajstić information content (AvgIpc) is 3.17. The van der Waals surface area contributed by atoms with Gasteiger partial charge in [0.25, 0.3) is 5.91 Å². The van der Waals surface area contributed by atoms with Crippen molar-refractivity contribution < 1.29 is 4.79 Å². The molecular weight excluding hydrogens is 362 g/mol. The van der Waals surface area contributed by atoms with Gasteiger partial charge in [0.2, 0.25) is 0 Å². The molecule has 2 aromatic heterocycles. The van der Waals surface area contributed by atoms with Gasteiger partial charge in [0.05, 0.1) is 6.21 Å². The van der Waals surface area contributed by atoms with Crippen molar-refractivity contribution in [2.75, 3.05) is 0 Å². The third-order valence-electron chi connectivity index (χ3n) is 2.94. The first-order valence-electron chi connectivity index (χ1n) is 6.55. The second kappa shape index (κ2) is 6.72. The van der Waals surface area contributed by atoms with Crippen LogP contribution in [0.2, 0.25) is 0 Å². The molecule has 0 aliphatic heterocycles. The van der Waals surface area contributed by atoms with Crippen LogP contribution in [0, 0.1) is 0 Å². The van der Waals surface area contributed by atoms with Gasteiger partial charge in [-0.05, 0) is 39.7 Å². The van der Waals surface area contributed by atoms with Crippen molar-refractivity contribution in [3.8, 4) is 10.4 Å². The van der Waals surface area contributed by atoms with E-state index in [0.29, 0.717) is 5.69 Å². The highest BCUT2D eigenvalue weighted by atomic mass is 79.9. The normalized spacial score (nSPS) is 11.0. The van der Waals surface area contributed by atoms with E-state index in [0.717, 1.165) is 9.35 Å². The number of amides is 1. The molecule has 0 aliphatic rings. The zero-order chi connectivity index (χ0) is 15.4. The molecule has 0 spiro atoms. The molecule has 1 amide bonds. The monoisotopic (exact) mass is 373 g/mol. The van der Waals surface area contributed by atoms with Crippen molar-refractivity contribution in [1.29, 1.82) is 0 Å². The van der Waals surface area contributed by atoms with Crippen LogP contribution in [0.4, 0.5) is 0 Å². The van der Waals surface area contributed by atoms with Gasteiger partial charge in [-0.25, -0.2) is 5.43 Å². The molecule has 0 radical (unpaired) electrons. The molecule has 1 aromatic carbocycles. The Morgan fingerprint density at radius 3 is 2.77 bits per heavy atom. The van der Waals surface area contributed by atoms with E-state index in [4.69, 9.17) is 0 Å². The number of hydrogen-bond acceptors (Lipinski definition) is 3. The number of nitrogens with one attached hydrogen (secondary N) is 2. The molecular formula is C16H12BrN3OS. The minimum Gasteiger partial charge on any atom is -0.356 e. The van der Waals surface area contributed by atoms with Crippen LogP contribution in [0.1, 0.15) is 15.4 Å². The first-order valence-corrected chi connectivity index (χ1v) is 8.16. The number of hydrazone groups is 1. The second-order valence-electron chi connectivity index (χ2n) is 4.50. The molecule has 0 saturated carbocycles. The summed E-state index contributed by atoms with van der Waals surface area (Å²) in [4.78, 5) is 16.8. The number of benzene rings is 1. The molecule has 110 valence electrons. The molecule has 2 N–H and O–H groups in total. The van der Waals surface area contributed by atoms with Crippen molar-refractivity contribution in [3.63, 3.8) is 0 Å². The fourth-order valence-corrected chi connectivity index (χ4v) is 3.12. The SMILES string of the molecule is O=C(N/N=C\c1ccc(-c2ccccc2)s1)c1cc(Br)c[nH]1. The van der Waals surface area contributed by atoms with Gasteiger partial charge in [0.15, 0.2) is 0 Å². The molecule has 0 fully saturated rings. The first-order chi connectivity index (χ1) is 10.7. The first kappa shape index (κ1) is 14.7. The highest BCUT2D eigenvalue weighted by molar-refractivity contribution is 9.10. The summed E-state index contributed by atoms with van der Waals surface area (Å²) < 4.78 is 0.826. The number of halogens is 1. The lowest BCUT2D eigenvalue weighted by atomic mass is 10.2. The fourth-order valence-electron chi connectivity index (χ4n) is 1.89. The highest BCUT2D eigenvalue weighted by Crippen LogP contribution is 2.26. The van der Waals surface area contributed by atoms with Crippen LogP contribution in [0.3, 0.4) is 0 Å². The molecule has 0 saturated heterocycles. The minimum absolute atomic E-state index is 0.276. The van der Waals surface area contributed by atoms with E-state index in [9.17, 15) is 4.79 Å². The van der Waals surface area contributed by atoms with Gasteiger partial charge in [-0.15, -0.1) is 11.3 Å². The molecule has 4 nitrogen and oxygen atoms in total. The third kappa shape index (κ3) is 3.52. The number of nitrogens with zero attached hydrogens (tertiary/aromatic N) is 1. The number of hydrogen-bond donors (Lipinski definition) is 2. The third-order valence-corrected chi connectivity index (χ3v) is 4.46. The summed E-state index contributed by atoms with van der Waals surface area (Å²) in [5, 5.41) is 3.98. The molecule has 3 rings (SSSR count). The molecule has 0 unspecified atom stereocenters. The van der Waals surface area contributed by atoms with E-state index in [1.807, 2.05) is 30.3 Å². The number of aromatic amines is 1. The lowest BCUT2D eigenvalue weighted by Crippen LogP contribution is -2.17. The molecule has 22 heavy (non-hydrogen) atoms. The standard InChI is InChI=1S/C16H12BrN3OS/c17-12-8-14(18-9-12)16(21)20-19-10-13-6-7-15(22-13)11-4-2-1-3-5-11/h1-10,18H,(H,20,21)/b19-10-. The molecule has 0 aliphatic carbocycles. The zero-order valence-electron chi connectivity index (χ0n) is 11.4. The number of carbonyl (C=O) groups is 1. The van der Waals surface area contributed by atoms with Gasteiger partial charge in [-0.1, -0.05) is 30.3 Å². The maximum absolute atomic E-state index is 11.8. The Balaban J connectivity index is 1.64. The second-order valence-corrected chi connectivity index (χ2v) is 6.53. The maximum Gasteiger partial charge on any atom is 0.287 e. The molecule has 0 bridgehead atoms. The summed E-state index contributed by atoms with van der Waals surface area (Å²) in [7, 11) is 0. The fraction of sp³-hybridized carbons (Fsp3) is 0. The number of aromatic nitrogens is 1. The largest absolute Gasteiger partial charge is 0.356 e. The van der Waals surface area contributed by atoms with E-state index in [1.54, 1.807) is 29.8 Å². The number of rotatable bonds is 4. The van der Waals surface area contributed by atoms with E-state index in [2.05, 4.69) is 43.6 Å². The van der Waals surface area contributed by atoms with Crippen molar-refractivity contribution in [2.24, 2.45) is 5.10 Å². The Labute approximate surface area is 140 Å². The van der Waals surface area contributed by atoms with Crippen LogP contribution >= 0.6 is 27.3 Å². The van der Waals surface area contributed by atoms with Crippen molar-refractivity contribution >= 4 is 39.4 Å². The Kier molecular flexibility index (Phi) is 4.50. The predicted molar refractivity (Wildman–Crippen MR) is 93.3 cm³/mol. The van der Waals surface area contributed by atoms with E-state index >= 15 is 0 Å². The van der Waals surface area contributed by atoms with Gasteiger partial charge in [-0.3, -0.25) is 4.79 Å². The maximum atomic E-state index is 11.8. The van der Waals surface area contributed by atoms with Gasteiger partial charge in [0.1, 0.15) is 5.69 Å². The van der Waals surface area contributed by atoms with Gasteiger partial charge >= 0.3 is 0 Å². The molecule has 6 heteroatoms. The van der Waals surface area contributed by atoms with E-state index in [1.165, 1.54) is 10.4 Å². The van der Waals surface area contributed by atoms with Crippen LogP contribution in [-0.2, 0) is 0 Å². The Morgan fingerprint density at radius 2 is 2.05 bits per heavy atom.